The third-order valence-corrected chi connectivity index (χ3v) is 8.57. The fraction of sp³-hybridized carbons (Fsp3) is 0.320. The van der Waals surface area contributed by atoms with Crippen molar-refractivity contribution >= 4 is 36.6 Å². The van der Waals surface area contributed by atoms with Gasteiger partial charge in [-0.25, -0.2) is 18.4 Å². The highest BCUT2D eigenvalue weighted by Crippen LogP contribution is 2.29. The van der Waals surface area contributed by atoms with Gasteiger partial charge in [-0.15, -0.1) is 0 Å². The van der Waals surface area contributed by atoms with Crippen LogP contribution in [-0.4, -0.2) is 68.5 Å². The zero-order valence-corrected chi connectivity index (χ0v) is 22.4. The summed E-state index contributed by atoms with van der Waals surface area (Å²) in [6, 6.07) is 13.5. The van der Waals surface area contributed by atoms with E-state index in [4.69, 9.17) is 9.72 Å². The molecule has 10 nitrogen and oxygen atoms in total. The predicted molar refractivity (Wildman–Crippen MR) is 141 cm³/mol. The summed E-state index contributed by atoms with van der Waals surface area (Å²) in [4.78, 5) is 11.5. The number of anilines is 1. The highest BCUT2D eigenvalue weighted by atomic mass is 32.2. The van der Waals surface area contributed by atoms with Crippen LogP contribution in [0.4, 0.5) is 5.82 Å². The molecule has 1 aliphatic rings. The van der Waals surface area contributed by atoms with Crippen LogP contribution in [0.5, 0.6) is 0 Å². The van der Waals surface area contributed by atoms with Crippen molar-refractivity contribution in [3.05, 3.63) is 65.5 Å². The highest BCUT2D eigenvalue weighted by molar-refractivity contribution is 7.90. The molecule has 0 aliphatic carbocycles. The van der Waals surface area contributed by atoms with Gasteiger partial charge in [-0.2, -0.15) is 17.6 Å². The molecule has 1 saturated heterocycles. The fourth-order valence-electron chi connectivity index (χ4n) is 4.28. The van der Waals surface area contributed by atoms with Crippen LogP contribution in [0, 0.1) is 13.8 Å². The van der Waals surface area contributed by atoms with E-state index in [0.29, 0.717) is 65.8 Å². The van der Waals surface area contributed by atoms with Crippen LogP contribution in [0.1, 0.15) is 17.0 Å². The van der Waals surface area contributed by atoms with E-state index in [1.54, 1.807) is 55.5 Å². The van der Waals surface area contributed by atoms with Gasteiger partial charge in [-0.1, -0.05) is 17.7 Å². The molecular weight excluding hydrogens is 514 g/mol. The minimum atomic E-state index is -3.90. The Labute approximate surface area is 215 Å². The Morgan fingerprint density at radius 3 is 2.30 bits per heavy atom. The van der Waals surface area contributed by atoms with Gasteiger partial charge in [0.15, 0.2) is 15.7 Å². The molecule has 2 aromatic carbocycles. The van der Waals surface area contributed by atoms with Gasteiger partial charge in [0, 0.05) is 36.4 Å². The molecule has 0 saturated carbocycles. The zero-order valence-electron chi connectivity index (χ0n) is 20.7. The van der Waals surface area contributed by atoms with Gasteiger partial charge >= 0.3 is 0 Å². The molecule has 2 aromatic heterocycles. The summed E-state index contributed by atoms with van der Waals surface area (Å²) in [6.45, 7) is 6.02. The lowest BCUT2D eigenvalue weighted by atomic mass is 10.1. The topological polar surface area (TPSA) is 124 Å². The number of benzene rings is 2. The Bertz CT molecular complexity index is 1690. The van der Waals surface area contributed by atoms with Gasteiger partial charge in [0.05, 0.1) is 40.8 Å². The lowest BCUT2D eigenvalue weighted by molar-refractivity contribution is 0.122. The molecule has 4 aromatic rings. The molecule has 0 spiro atoms. The maximum atomic E-state index is 13.3. The number of morpholine rings is 1. The predicted octanol–water partition coefficient (Wildman–Crippen LogP) is 2.73. The van der Waals surface area contributed by atoms with Crippen molar-refractivity contribution < 1.29 is 21.6 Å². The summed E-state index contributed by atoms with van der Waals surface area (Å²) in [5.41, 5.74) is 2.95. The lowest BCUT2D eigenvalue weighted by Crippen LogP contribution is -2.37. The number of rotatable bonds is 6. The quantitative estimate of drug-likeness (QED) is 0.362. The van der Waals surface area contributed by atoms with Gasteiger partial charge in [-0.3, -0.25) is 0 Å². The number of sulfone groups is 1. The molecule has 12 heteroatoms. The summed E-state index contributed by atoms with van der Waals surface area (Å²) < 4.78 is 57.2. The number of aryl methyl sites for hydroxylation is 2. The van der Waals surface area contributed by atoms with E-state index < -0.39 is 19.9 Å². The molecule has 0 bridgehead atoms. The van der Waals surface area contributed by atoms with Crippen LogP contribution < -0.4 is 4.90 Å². The maximum absolute atomic E-state index is 13.3. The molecule has 0 amide bonds. The van der Waals surface area contributed by atoms with Crippen molar-refractivity contribution in [3.63, 3.8) is 0 Å². The van der Waals surface area contributed by atoms with E-state index in [0.717, 1.165) is 9.65 Å². The number of nitrogens with zero attached hydrogens (tertiary/aromatic N) is 5. The van der Waals surface area contributed by atoms with Crippen molar-refractivity contribution in [1.82, 2.24) is 19.2 Å². The number of fused-ring (bicyclic) bond motifs is 1. The molecule has 37 heavy (non-hydrogen) atoms. The van der Waals surface area contributed by atoms with Gasteiger partial charge in [0.2, 0.25) is 0 Å². The summed E-state index contributed by atoms with van der Waals surface area (Å²) in [5.74, 6) is 0.771. The maximum Gasteiger partial charge on any atom is 0.283 e. The Hall–Kier alpha value is -3.35. The summed E-state index contributed by atoms with van der Waals surface area (Å²) in [5, 5.41) is 4.98. The average Bonchev–Trinajstić information content (AvgIpc) is 3.20. The monoisotopic (exact) mass is 541 g/mol. The highest BCUT2D eigenvalue weighted by Gasteiger charge is 2.23. The summed E-state index contributed by atoms with van der Waals surface area (Å²) in [7, 11) is -7.22. The number of ether oxygens (including phenoxy) is 1. The van der Waals surface area contributed by atoms with Crippen molar-refractivity contribution in [3.8, 4) is 11.4 Å². The molecule has 0 radical (unpaired) electrons. The van der Waals surface area contributed by atoms with Crippen LogP contribution in [0.15, 0.2) is 53.4 Å². The van der Waals surface area contributed by atoms with Crippen LogP contribution >= 0.6 is 0 Å². The minimum absolute atomic E-state index is 0.151. The van der Waals surface area contributed by atoms with Crippen LogP contribution in [0.3, 0.4) is 0 Å². The molecule has 0 N–H and O–H groups in total. The average molecular weight is 542 g/mol. The van der Waals surface area contributed by atoms with E-state index in [-0.39, 0.29) is 10.6 Å². The first-order valence-electron chi connectivity index (χ1n) is 11.7. The normalized spacial score (nSPS) is 14.8. The van der Waals surface area contributed by atoms with Gasteiger partial charge < -0.3 is 9.64 Å². The number of hydrogen-bond acceptors (Lipinski definition) is 9. The minimum Gasteiger partial charge on any atom is -0.378 e. The van der Waals surface area contributed by atoms with Crippen LogP contribution in [-0.2, 0) is 30.4 Å². The lowest BCUT2D eigenvalue weighted by Gasteiger charge is -2.28. The molecule has 1 fully saturated rings. The second-order valence-corrected chi connectivity index (χ2v) is 13.1. The number of aromatic nitrogens is 4. The third kappa shape index (κ3) is 5.22. The van der Waals surface area contributed by atoms with E-state index >= 15 is 0 Å². The fourth-order valence-corrected chi connectivity index (χ4v) is 6.29. The molecule has 1 aliphatic heterocycles. The van der Waals surface area contributed by atoms with E-state index in [1.807, 2.05) is 11.8 Å². The van der Waals surface area contributed by atoms with Crippen molar-refractivity contribution in [2.75, 3.05) is 37.5 Å². The van der Waals surface area contributed by atoms with E-state index in [1.165, 1.54) is 6.26 Å². The Morgan fingerprint density at radius 2 is 1.62 bits per heavy atom. The van der Waals surface area contributed by atoms with Crippen molar-refractivity contribution in [2.24, 2.45) is 0 Å². The second kappa shape index (κ2) is 9.51. The van der Waals surface area contributed by atoms with Crippen molar-refractivity contribution in [2.45, 2.75) is 24.5 Å². The summed E-state index contributed by atoms with van der Waals surface area (Å²) in [6.07, 6.45) is 1.17. The van der Waals surface area contributed by atoms with Gasteiger partial charge in [-0.05, 0) is 44.2 Å². The van der Waals surface area contributed by atoms with E-state index in [9.17, 15) is 16.8 Å². The van der Waals surface area contributed by atoms with Crippen LogP contribution in [0.25, 0.3) is 22.3 Å². The molecule has 3 heterocycles. The molecule has 194 valence electrons. The largest absolute Gasteiger partial charge is 0.378 e. The molecule has 5 rings (SSSR count). The van der Waals surface area contributed by atoms with Crippen molar-refractivity contribution in [1.29, 1.82) is 0 Å². The second-order valence-electron chi connectivity index (χ2n) is 9.19. The Kier molecular flexibility index (Phi) is 6.50. The first-order chi connectivity index (χ1) is 17.5. The molecule has 0 atom stereocenters. The standard InChI is InChI=1S/C25H27N5O5S2/c1-17-4-7-21(8-5-17)37(33,34)30-23-9-6-19(14-22(23)18(2)28-30)25-26-20(16-36(3,31)32)15-24(27-25)29-10-12-35-13-11-29/h4-9,14-15H,10-13,16H2,1-3H3. The number of hydrogen-bond donors (Lipinski definition) is 0. The van der Waals surface area contributed by atoms with Gasteiger partial charge in [0.25, 0.3) is 10.0 Å². The first kappa shape index (κ1) is 25.3. The molecular formula is C25H27N5O5S2. The smallest absolute Gasteiger partial charge is 0.283 e. The van der Waals surface area contributed by atoms with Crippen LogP contribution in [0.2, 0.25) is 0 Å². The first-order valence-corrected chi connectivity index (χ1v) is 15.2. The molecule has 0 unspecified atom stereocenters. The third-order valence-electron chi connectivity index (χ3n) is 6.15. The Balaban J connectivity index is 1.60. The SMILES string of the molecule is Cc1ccc(S(=O)(=O)n2nc(C)c3cc(-c4nc(CS(C)(=O)=O)cc(N5CCOCC5)n4)ccc32)cc1. The zero-order chi connectivity index (χ0) is 26.4. The summed E-state index contributed by atoms with van der Waals surface area (Å²) >= 11 is 0. The van der Waals surface area contributed by atoms with Gasteiger partial charge in [0.1, 0.15) is 5.82 Å². The Morgan fingerprint density at radius 1 is 0.919 bits per heavy atom. The van der Waals surface area contributed by atoms with E-state index in [2.05, 4.69) is 10.1 Å².